The third kappa shape index (κ3) is 4.79. The molecule has 3 N–H and O–H groups in total. The lowest BCUT2D eigenvalue weighted by atomic mass is 9.86. The van der Waals surface area contributed by atoms with E-state index in [2.05, 4.69) is 22.8 Å². The lowest BCUT2D eigenvalue weighted by Gasteiger charge is -2.31. The molecule has 2 aliphatic rings. The van der Waals surface area contributed by atoms with Crippen molar-refractivity contribution in [3.63, 3.8) is 0 Å². The van der Waals surface area contributed by atoms with Gasteiger partial charge in [0.05, 0.1) is 5.92 Å². The monoisotopic (exact) mass is 464 g/mol. The number of carboxylic acid groups (broad SMARTS) is 1. The van der Waals surface area contributed by atoms with E-state index in [1.807, 2.05) is 57.2 Å². The van der Waals surface area contributed by atoms with Crippen molar-refractivity contribution < 1.29 is 24.2 Å². The molecule has 1 saturated carbocycles. The van der Waals surface area contributed by atoms with Crippen LogP contribution < -0.4 is 10.6 Å². The largest absolute Gasteiger partial charge is 0.481 e. The number of fused-ring (bicyclic) bond motifs is 3. The molecular weight excluding hydrogens is 432 g/mol. The van der Waals surface area contributed by atoms with Gasteiger partial charge in [-0.25, -0.2) is 4.79 Å². The van der Waals surface area contributed by atoms with E-state index in [0.717, 1.165) is 28.7 Å². The predicted octanol–water partition coefficient (Wildman–Crippen LogP) is 4.31. The average Bonchev–Trinajstić information content (AvgIpc) is 3.38. The van der Waals surface area contributed by atoms with Crippen LogP contribution in [0.5, 0.6) is 0 Å². The van der Waals surface area contributed by atoms with Gasteiger partial charge in [-0.15, -0.1) is 0 Å². The number of nitrogens with one attached hydrogen (secondary N) is 2. The number of alkyl carbamates (subject to hydrolysis) is 1. The molecule has 0 aliphatic heterocycles. The van der Waals surface area contributed by atoms with E-state index in [1.54, 1.807) is 0 Å². The van der Waals surface area contributed by atoms with Gasteiger partial charge in [0.2, 0.25) is 5.91 Å². The standard InChI is InChI=1S/C27H32N2O5/c1-27(2,3)23(24(30)28-22-14-8-13-20(22)25(31)32)29-26(33)34-15-21-18-11-6-4-9-16(18)17-10-5-7-12-19(17)21/h4-7,9-12,20-23H,8,13-15H2,1-3H3,(H,28,30)(H,29,33)(H,31,32)/t20?,22?,23-/m1/s1. The van der Waals surface area contributed by atoms with Crippen molar-refractivity contribution in [2.75, 3.05) is 6.61 Å². The summed E-state index contributed by atoms with van der Waals surface area (Å²) in [5.41, 5.74) is 3.92. The number of carbonyl (C=O) groups excluding carboxylic acids is 2. The Balaban J connectivity index is 1.42. The average molecular weight is 465 g/mol. The van der Waals surface area contributed by atoms with Crippen LogP contribution in [0, 0.1) is 11.3 Å². The molecule has 0 spiro atoms. The highest BCUT2D eigenvalue weighted by atomic mass is 16.5. The molecule has 0 radical (unpaired) electrons. The summed E-state index contributed by atoms with van der Waals surface area (Å²) in [6.07, 6.45) is 1.24. The van der Waals surface area contributed by atoms with Crippen molar-refractivity contribution in [1.29, 1.82) is 0 Å². The highest BCUT2D eigenvalue weighted by Gasteiger charge is 2.39. The van der Waals surface area contributed by atoms with Crippen molar-refractivity contribution in [2.45, 2.75) is 58.0 Å². The normalized spacial score (nSPS) is 20.2. The van der Waals surface area contributed by atoms with Crippen LogP contribution in [0.15, 0.2) is 48.5 Å². The Morgan fingerprint density at radius 1 is 1.00 bits per heavy atom. The number of hydrogen-bond donors (Lipinski definition) is 3. The predicted molar refractivity (Wildman–Crippen MR) is 128 cm³/mol. The van der Waals surface area contributed by atoms with Gasteiger partial charge in [0.1, 0.15) is 12.6 Å². The number of carboxylic acids is 1. The maximum atomic E-state index is 13.1. The van der Waals surface area contributed by atoms with Crippen LogP contribution in [-0.4, -0.2) is 41.8 Å². The SMILES string of the molecule is CC(C)(C)[C@H](NC(=O)OCC1c2ccccc2-c2ccccc21)C(=O)NC1CCCC1C(=O)O. The Bertz CT molecular complexity index is 1040. The number of hydrogen-bond acceptors (Lipinski definition) is 4. The summed E-state index contributed by atoms with van der Waals surface area (Å²) in [7, 11) is 0. The number of aliphatic carboxylic acids is 1. The number of carbonyl (C=O) groups is 3. The fraction of sp³-hybridized carbons (Fsp3) is 0.444. The lowest BCUT2D eigenvalue weighted by Crippen LogP contribution is -2.56. The Kier molecular flexibility index (Phi) is 6.64. The van der Waals surface area contributed by atoms with Crippen molar-refractivity contribution in [1.82, 2.24) is 10.6 Å². The maximum Gasteiger partial charge on any atom is 0.407 e. The van der Waals surface area contributed by atoms with E-state index in [4.69, 9.17) is 4.74 Å². The zero-order valence-electron chi connectivity index (χ0n) is 19.8. The summed E-state index contributed by atoms with van der Waals surface area (Å²) < 4.78 is 5.62. The fourth-order valence-electron chi connectivity index (χ4n) is 5.13. The van der Waals surface area contributed by atoms with Crippen molar-refractivity contribution in [2.24, 2.45) is 11.3 Å². The summed E-state index contributed by atoms with van der Waals surface area (Å²) in [6, 6.07) is 14.9. The first-order chi connectivity index (χ1) is 16.2. The minimum atomic E-state index is -0.903. The first kappa shape index (κ1) is 23.8. The van der Waals surface area contributed by atoms with E-state index in [1.165, 1.54) is 0 Å². The zero-order valence-corrected chi connectivity index (χ0v) is 19.8. The Morgan fingerprint density at radius 3 is 2.15 bits per heavy atom. The van der Waals surface area contributed by atoms with Crippen LogP contribution in [-0.2, 0) is 14.3 Å². The quantitative estimate of drug-likeness (QED) is 0.591. The molecule has 2 aromatic rings. The highest BCUT2D eigenvalue weighted by molar-refractivity contribution is 5.87. The van der Waals surface area contributed by atoms with Gasteiger partial charge in [0.15, 0.2) is 0 Å². The minimum absolute atomic E-state index is 0.0742. The molecule has 4 rings (SSSR count). The summed E-state index contributed by atoms with van der Waals surface area (Å²) in [5, 5.41) is 15.0. The van der Waals surface area contributed by atoms with Gasteiger partial charge in [0, 0.05) is 12.0 Å². The van der Waals surface area contributed by atoms with Gasteiger partial charge < -0.3 is 20.5 Å². The Morgan fingerprint density at radius 2 is 1.59 bits per heavy atom. The molecule has 0 aromatic heterocycles. The smallest absolute Gasteiger partial charge is 0.407 e. The summed E-state index contributed by atoms with van der Waals surface area (Å²) in [4.78, 5) is 37.3. The van der Waals surface area contributed by atoms with E-state index >= 15 is 0 Å². The van der Waals surface area contributed by atoms with E-state index in [-0.39, 0.29) is 18.4 Å². The number of benzene rings is 2. The second kappa shape index (κ2) is 9.49. The molecule has 7 heteroatoms. The van der Waals surface area contributed by atoms with Crippen LogP contribution in [0.3, 0.4) is 0 Å². The molecule has 2 aromatic carbocycles. The van der Waals surface area contributed by atoms with Gasteiger partial charge in [-0.3, -0.25) is 9.59 Å². The molecule has 0 saturated heterocycles. The summed E-state index contributed by atoms with van der Waals surface area (Å²) in [5.74, 6) is -1.97. The number of rotatable bonds is 6. The van der Waals surface area contributed by atoms with Gasteiger partial charge in [-0.2, -0.15) is 0 Å². The third-order valence-corrected chi connectivity index (χ3v) is 6.89. The second-order valence-electron chi connectivity index (χ2n) is 10.3. The van der Waals surface area contributed by atoms with Crippen LogP contribution >= 0.6 is 0 Å². The third-order valence-electron chi connectivity index (χ3n) is 6.89. The molecule has 1 fully saturated rings. The van der Waals surface area contributed by atoms with Gasteiger partial charge in [-0.1, -0.05) is 75.7 Å². The van der Waals surface area contributed by atoms with Crippen LogP contribution in [0.1, 0.15) is 57.1 Å². The van der Waals surface area contributed by atoms with E-state index in [0.29, 0.717) is 12.8 Å². The molecule has 2 unspecified atom stereocenters. The van der Waals surface area contributed by atoms with Crippen molar-refractivity contribution in [3.8, 4) is 11.1 Å². The van der Waals surface area contributed by atoms with Gasteiger partial charge >= 0.3 is 12.1 Å². The first-order valence-corrected chi connectivity index (χ1v) is 11.8. The second-order valence-corrected chi connectivity index (χ2v) is 10.3. The highest BCUT2D eigenvalue weighted by Crippen LogP contribution is 2.44. The summed E-state index contributed by atoms with van der Waals surface area (Å²) >= 11 is 0. The number of ether oxygens (including phenoxy) is 1. The van der Waals surface area contributed by atoms with Gasteiger partial charge in [-0.05, 0) is 40.5 Å². The lowest BCUT2D eigenvalue weighted by molar-refractivity contribution is -0.142. The van der Waals surface area contributed by atoms with Crippen molar-refractivity contribution >= 4 is 18.0 Å². The fourth-order valence-corrected chi connectivity index (χ4v) is 5.13. The van der Waals surface area contributed by atoms with Crippen LogP contribution in [0.2, 0.25) is 0 Å². The maximum absolute atomic E-state index is 13.1. The Labute approximate surface area is 199 Å². The molecule has 34 heavy (non-hydrogen) atoms. The first-order valence-electron chi connectivity index (χ1n) is 11.8. The zero-order chi connectivity index (χ0) is 24.5. The molecule has 2 amide bonds. The minimum Gasteiger partial charge on any atom is -0.481 e. The molecule has 3 atom stereocenters. The van der Waals surface area contributed by atoms with Crippen LogP contribution in [0.4, 0.5) is 4.79 Å². The molecule has 0 heterocycles. The van der Waals surface area contributed by atoms with E-state index < -0.39 is 35.5 Å². The molecule has 0 bridgehead atoms. The molecule has 7 nitrogen and oxygen atoms in total. The van der Waals surface area contributed by atoms with Crippen LogP contribution in [0.25, 0.3) is 11.1 Å². The molecular formula is C27H32N2O5. The number of amides is 2. The topological polar surface area (TPSA) is 105 Å². The molecule has 180 valence electrons. The molecule has 2 aliphatic carbocycles. The van der Waals surface area contributed by atoms with Crippen molar-refractivity contribution in [3.05, 3.63) is 59.7 Å². The summed E-state index contributed by atoms with van der Waals surface area (Å²) in [6.45, 7) is 5.71. The van der Waals surface area contributed by atoms with Gasteiger partial charge in [0.25, 0.3) is 0 Å². The Hall–Kier alpha value is -3.35. The van der Waals surface area contributed by atoms with E-state index in [9.17, 15) is 19.5 Å².